The van der Waals surface area contributed by atoms with Crippen molar-refractivity contribution in [2.24, 2.45) is 0 Å². The second-order valence-corrected chi connectivity index (χ2v) is 4.28. The van der Waals surface area contributed by atoms with E-state index in [1.807, 2.05) is 7.05 Å². The average molecular weight is 211 g/mol. The highest BCUT2D eigenvalue weighted by molar-refractivity contribution is 4.89. The first kappa shape index (κ1) is 12.4. The fourth-order valence-corrected chi connectivity index (χ4v) is 2.05. The predicted octanol–water partition coefficient (Wildman–Crippen LogP) is 0.597. The van der Waals surface area contributed by atoms with Crippen molar-refractivity contribution in [1.82, 2.24) is 10.2 Å². The van der Waals surface area contributed by atoms with Crippen LogP contribution in [0.2, 0.25) is 0 Å². The van der Waals surface area contributed by atoms with Gasteiger partial charge in [0.2, 0.25) is 0 Å². The molecule has 86 valence electrons. The molecule has 0 saturated carbocycles. The van der Waals surface area contributed by atoms with Crippen LogP contribution in [0.1, 0.15) is 20.3 Å². The Morgan fingerprint density at radius 1 is 1.47 bits per heavy atom. The van der Waals surface area contributed by atoms with Crippen molar-refractivity contribution in [1.29, 1.82) is 5.26 Å². The molecule has 15 heavy (non-hydrogen) atoms. The van der Waals surface area contributed by atoms with E-state index >= 15 is 0 Å². The van der Waals surface area contributed by atoms with Crippen molar-refractivity contribution in [3.63, 3.8) is 0 Å². The number of nitrogens with one attached hydrogen (secondary N) is 1. The maximum absolute atomic E-state index is 8.80. The van der Waals surface area contributed by atoms with Gasteiger partial charge >= 0.3 is 0 Å². The lowest BCUT2D eigenvalue weighted by atomic mass is 10.2. The predicted molar refractivity (Wildman–Crippen MR) is 59.5 cm³/mol. The lowest BCUT2D eigenvalue weighted by molar-refractivity contribution is -0.0682. The smallest absolute Gasteiger partial charge is 0.0962 e. The highest BCUT2D eigenvalue weighted by Crippen LogP contribution is 2.11. The normalized spacial score (nSPS) is 29.7. The van der Waals surface area contributed by atoms with Gasteiger partial charge in [-0.15, -0.1) is 0 Å². The minimum Gasteiger partial charge on any atom is -0.373 e. The van der Waals surface area contributed by atoms with Crippen molar-refractivity contribution in [2.75, 3.05) is 26.7 Å². The van der Waals surface area contributed by atoms with Crippen molar-refractivity contribution in [3.05, 3.63) is 0 Å². The quantitative estimate of drug-likeness (QED) is 0.739. The van der Waals surface area contributed by atoms with Crippen LogP contribution in [0, 0.1) is 11.3 Å². The van der Waals surface area contributed by atoms with Gasteiger partial charge in [-0.25, -0.2) is 0 Å². The molecule has 0 spiro atoms. The number of hydrogen-bond acceptors (Lipinski definition) is 4. The molecule has 1 heterocycles. The van der Waals surface area contributed by atoms with E-state index in [1.165, 1.54) is 0 Å². The summed E-state index contributed by atoms with van der Waals surface area (Å²) < 4.78 is 5.65. The van der Waals surface area contributed by atoms with Gasteiger partial charge in [0.15, 0.2) is 0 Å². The summed E-state index contributed by atoms with van der Waals surface area (Å²) in [4.78, 5) is 2.38. The molecule has 3 atom stereocenters. The SMILES string of the molecule is CNC(C#N)CCN1C[C@@H](C)O[C@@H](C)C1. The van der Waals surface area contributed by atoms with Crippen LogP contribution in [0.25, 0.3) is 0 Å². The second-order valence-electron chi connectivity index (χ2n) is 4.28. The second kappa shape index (κ2) is 6.06. The molecular formula is C11H21N3O. The molecule has 0 radical (unpaired) electrons. The standard InChI is InChI=1S/C11H21N3O/c1-9-7-14(8-10(2)15-9)5-4-11(6-12)13-3/h9-11,13H,4-5,7-8H2,1-3H3/t9-,10+,11?. The van der Waals surface area contributed by atoms with Crippen LogP contribution < -0.4 is 5.32 Å². The zero-order chi connectivity index (χ0) is 11.3. The lowest BCUT2D eigenvalue weighted by Gasteiger charge is -2.35. The van der Waals surface area contributed by atoms with Crippen molar-refractivity contribution < 1.29 is 4.74 Å². The van der Waals surface area contributed by atoms with Crippen molar-refractivity contribution in [2.45, 2.75) is 38.5 Å². The summed E-state index contributed by atoms with van der Waals surface area (Å²) in [5.74, 6) is 0. The fraction of sp³-hybridized carbons (Fsp3) is 0.909. The van der Waals surface area contributed by atoms with E-state index in [-0.39, 0.29) is 6.04 Å². The number of morpholine rings is 1. The van der Waals surface area contributed by atoms with Gasteiger partial charge in [-0.1, -0.05) is 0 Å². The first-order valence-corrected chi connectivity index (χ1v) is 5.60. The van der Waals surface area contributed by atoms with E-state index in [1.54, 1.807) is 0 Å². The van der Waals surface area contributed by atoms with Gasteiger partial charge in [0, 0.05) is 19.6 Å². The molecule has 0 amide bonds. The Labute approximate surface area is 92.2 Å². The van der Waals surface area contributed by atoms with E-state index in [9.17, 15) is 0 Å². The van der Waals surface area contributed by atoms with E-state index in [0.29, 0.717) is 12.2 Å². The third kappa shape index (κ3) is 4.17. The molecule has 1 fully saturated rings. The Balaban J connectivity index is 2.29. The third-order valence-corrected chi connectivity index (χ3v) is 2.73. The van der Waals surface area contributed by atoms with Crippen LogP contribution >= 0.6 is 0 Å². The highest BCUT2D eigenvalue weighted by Gasteiger charge is 2.22. The van der Waals surface area contributed by atoms with Crippen LogP contribution in [-0.4, -0.2) is 49.8 Å². The molecule has 0 aliphatic carbocycles. The molecular weight excluding hydrogens is 190 g/mol. The molecule has 4 nitrogen and oxygen atoms in total. The Kier molecular flexibility index (Phi) is 5.03. The minimum atomic E-state index is -0.0292. The molecule has 0 bridgehead atoms. The Hall–Kier alpha value is -0.630. The molecule has 0 aromatic rings. The summed E-state index contributed by atoms with van der Waals surface area (Å²) in [6.45, 7) is 7.13. The number of ether oxygens (including phenoxy) is 1. The summed E-state index contributed by atoms with van der Waals surface area (Å²) >= 11 is 0. The van der Waals surface area contributed by atoms with E-state index in [2.05, 4.69) is 30.1 Å². The number of rotatable bonds is 4. The summed E-state index contributed by atoms with van der Waals surface area (Å²) in [6.07, 6.45) is 1.50. The maximum Gasteiger partial charge on any atom is 0.0962 e. The number of hydrogen-bond donors (Lipinski definition) is 1. The maximum atomic E-state index is 8.80. The van der Waals surface area contributed by atoms with Crippen LogP contribution in [0.3, 0.4) is 0 Å². The summed E-state index contributed by atoms with van der Waals surface area (Å²) in [6, 6.07) is 2.22. The number of nitrogens with zero attached hydrogens (tertiary/aromatic N) is 2. The topological polar surface area (TPSA) is 48.3 Å². The zero-order valence-electron chi connectivity index (χ0n) is 9.86. The first-order chi connectivity index (χ1) is 7.15. The lowest BCUT2D eigenvalue weighted by Crippen LogP contribution is -2.46. The Morgan fingerprint density at radius 2 is 2.07 bits per heavy atom. The number of nitriles is 1. The van der Waals surface area contributed by atoms with Gasteiger partial charge in [0.05, 0.1) is 24.3 Å². The van der Waals surface area contributed by atoms with Gasteiger partial charge in [0.1, 0.15) is 0 Å². The zero-order valence-corrected chi connectivity index (χ0v) is 9.86. The van der Waals surface area contributed by atoms with Gasteiger partial charge in [-0.3, -0.25) is 4.90 Å². The monoisotopic (exact) mass is 211 g/mol. The van der Waals surface area contributed by atoms with E-state index in [4.69, 9.17) is 10.00 Å². The molecule has 0 aromatic heterocycles. The van der Waals surface area contributed by atoms with Gasteiger partial charge in [-0.05, 0) is 27.3 Å². The van der Waals surface area contributed by atoms with Gasteiger partial charge in [0.25, 0.3) is 0 Å². The fourth-order valence-electron chi connectivity index (χ4n) is 2.05. The molecule has 1 aliphatic heterocycles. The summed E-state index contributed by atoms with van der Waals surface area (Å²) in [7, 11) is 1.83. The van der Waals surface area contributed by atoms with Gasteiger partial charge in [-0.2, -0.15) is 5.26 Å². The van der Waals surface area contributed by atoms with Crippen molar-refractivity contribution in [3.8, 4) is 6.07 Å². The molecule has 1 N–H and O–H groups in total. The summed E-state index contributed by atoms with van der Waals surface area (Å²) in [5.41, 5.74) is 0. The highest BCUT2D eigenvalue weighted by atomic mass is 16.5. The third-order valence-electron chi connectivity index (χ3n) is 2.73. The molecule has 1 unspecified atom stereocenters. The molecule has 0 aromatic carbocycles. The van der Waals surface area contributed by atoms with Crippen LogP contribution in [0.4, 0.5) is 0 Å². The largest absolute Gasteiger partial charge is 0.373 e. The van der Waals surface area contributed by atoms with Gasteiger partial charge < -0.3 is 10.1 Å². The first-order valence-electron chi connectivity index (χ1n) is 5.60. The average Bonchev–Trinajstić information content (AvgIpc) is 2.18. The minimum absolute atomic E-state index is 0.0292. The molecule has 4 heteroatoms. The molecule has 1 rings (SSSR count). The van der Waals surface area contributed by atoms with E-state index in [0.717, 1.165) is 26.1 Å². The summed E-state index contributed by atoms with van der Waals surface area (Å²) in [5, 5.41) is 11.8. The van der Waals surface area contributed by atoms with Crippen LogP contribution in [0.15, 0.2) is 0 Å². The van der Waals surface area contributed by atoms with Crippen molar-refractivity contribution >= 4 is 0 Å². The Bertz CT molecular complexity index is 216. The Morgan fingerprint density at radius 3 is 2.53 bits per heavy atom. The molecule has 1 saturated heterocycles. The van der Waals surface area contributed by atoms with E-state index < -0.39 is 0 Å². The van der Waals surface area contributed by atoms with Crippen LogP contribution in [0.5, 0.6) is 0 Å². The van der Waals surface area contributed by atoms with Crippen LogP contribution in [-0.2, 0) is 4.74 Å². The molecule has 1 aliphatic rings.